The number of aromatic nitrogens is 3. The summed E-state index contributed by atoms with van der Waals surface area (Å²) in [4.78, 5) is 10.5. The lowest BCUT2D eigenvalue weighted by Crippen LogP contribution is -2.48. The van der Waals surface area contributed by atoms with E-state index >= 15 is 0 Å². The monoisotopic (exact) mass is 386 g/mol. The first-order valence-corrected chi connectivity index (χ1v) is 10.3. The first kappa shape index (κ1) is 16.6. The summed E-state index contributed by atoms with van der Waals surface area (Å²) in [6, 6.07) is 3.92. The number of pyridine rings is 1. The highest BCUT2D eigenvalue weighted by atomic mass is 35.5. The van der Waals surface area contributed by atoms with Gasteiger partial charge in [0.1, 0.15) is 5.82 Å². The minimum absolute atomic E-state index is 0. The van der Waals surface area contributed by atoms with Crippen LogP contribution in [0.2, 0.25) is 0 Å². The van der Waals surface area contributed by atoms with E-state index in [0.717, 1.165) is 28.3 Å². The molecular formula is C20H23ClN4S. The molecule has 0 atom stereocenters. The molecule has 0 saturated heterocycles. The maximum Gasteiger partial charge on any atom is 0.194 e. The maximum atomic E-state index is 5.74. The maximum absolute atomic E-state index is 5.74. The van der Waals surface area contributed by atoms with Gasteiger partial charge in [-0.1, -0.05) is 0 Å². The van der Waals surface area contributed by atoms with Crippen LogP contribution in [0.3, 0.4) is 0 Å². The van der Waals surface area contributed by atoms with Gasteiger partial charge < -0.3 is 5.73 Å². The number of anilines is 1. The van der Waals surface area contributed by atoms with Crippen molar-refractivity contribution in [1.82, 2.24) is 14.4 Å². The Morgan fingerprint density at radius 1 is 1.08 bits per heavy atom. The summed E-state index contributed by atoms with van der Waals surface area (Å²) in [6.07, 6.45) is 12.7. The van der Waals surface area contributed by atoms with Gasteiger partial charge in [-0.3, -0.25) is 4.40 Å². The number of halogens is 1. The van der Waals surface area contributed by atoms with Gasteiger partial charge in [0.25, 0.3) is 0 Å². The summed E-state index contributed by atoms with van der Waals surface area (Å²) >= 11 is 1.73. The fourth-order valence-corrected chi connectivity index (χ4v) is 7.11. The van der Waals surface area contributed by atoms with Crippen molar-refractivity contribution in [2.24, 2.45) is 17.8 Å². The van der Waals surface area contributed by atoms with Gasteiger partial charge in [-0.15, -0.1) is 23.7 Å². The Labute approximate surface area is 163 Å². The topological polar surface area (TPSA) is 56.2 Å². The molecule has 0 spiro atoms. The Bertz CT molecular complexity index is 923. The molecule has 4 aliphatic rings. The molecule has 3 aromatic heterocycles. The van der Waals surface area contributed by atoms with Crippen LogP contribution in [-0.4, -0.2) is 14.4 Å². The lowest BCUT2D eigenvalue weighted by molar-refractivity contribution is -0.00696. The Kier molecular flexibility index (Phi) is 3.63. The number of hydrogen-bond acceptors (Lipinski definition) is 4. The van der Waals surface area contributed by atoms with Crippen molar-refractivity contribution in [2.75, 3.05) is 5.73 Å². The van der Waals surface area contributed by atoms with Gasteiger partial charge in [-0.25, -0.2) is 9.97 Å². The van der Waals surface area contributed by atoms with Crippen molar-refractivity contribution in [2.45, 2.75) is 43.9 Å². The van der Waals surface area contributed by atoms with Crippen LogP contribution in [0.25, 0.3) is 16.2 Å². The quantitative estimate of drug-likeness (QED) is 0.679. The number of nitrogens with two attached hydrogens (primary N) is 1. The number of nitrogens with zero attached hydrogens (tertiary/aromatic N) is 3. The van der Waals surface area contributed by atoms with Crippen LogP contribution in [0.5, 0.6) is 0 Å². The molecule has 26 heavy (non-hydrogen) atoms. The van der Waals surface area contributed by atoms with Crippen LogP contribution < -0.4 is 5.73 Å². The average molecular weight is 387 g/mol. The van der Waals surface area contributed by atoms with Crippen LogP contribution in [-0.2, 0) is 5.41 Å². The Hall–Kier alpha value is -1.59. The second kappa shape index (κ2) is 5.70. The van der Waals surface area contributed by atoms with Crippen molar-refractivity contribution in [3.05, 3.63) is 35.6 Å². The minimum Gasteiger partial charge on any atom is -0.384 e. The molecular weight excluding hydrogens is 364 g/mol. The smallest absolute Gasteiger partial charge is 0.194 e. The zero-order valence-electron chi connectivity index (χ0n) is 14.6. The van der Waals surface area contributed by atoms with E-state index in [1.165, 1.54) is 49.9 Å². The molecule has 0 aromatic carbocycles. The minimum atomic E-state index is 0. The molecule has 0 unspecified atom stereocenters. The van der Waals surface area contributed by atoms with Gasteiger partial charge >= 0.3 is 0 Å². The van der Waals surface area contributed by atoms with E-state index in [0.29, 0.717) is 11.2 Å². The molecule has 0 amide bonds. The summed E-state index contributed by atoms with van der Waals surface area (Å²) < 4.78 is 2.27. The zero-order valence-corrected chi connectivity index (χ0v) is 16.2. The summed E-state index contributed by atoms with van der Waals surface area (Å²) in [5.41, 5.74) is 9.73. The highest BCUT2D eigenvalue weighted by molar-refractivity contribution is 7.15. The van der Waals surface area contributed by atoms with Crippen LogP contribution >= 0.6 is 23.7 Å². The number of nitrogen functional groups attached to an aromatic ring is 1. The first-order valence-electron chi connectivity index (χ1n) is 9.37. The molecule has 0 aliphatic heterocycles. The number of thiazole rings is 1. The summed E-state index contributed by atoms with van der Waals surface area (Å²) in [5.74, 6) is 3.42. The van der Waals surface area contributed by atoms with Gasteiger partial charge in [0, 0.05) is 28.8 Å². The van der Waals surface area contributed by atoms with Crippen LogP contribution in [0.15, 0.2) is 29.9 Å². The van der Waals surface area contributed by atoms with E-state index in [9.17, 15) is 0 Å². The standard InChI is InChI=1S/C20H22N4S.ClH/c21-18-2-1-15(9-22-18)16-11-25-19-23-17(10-24(16)19)20-6-12-3-13(7-20)5-14(4-12)8-20;/h1-2,9-14H,3-8H2,(H2,21,22);1H. The Morgan fingerprint density at radius 2 is 1.77 bits per heavy atom. The molecule has 3 heterocycles. The second-order valence-electron chi connectivity index (χ2n) is 8.57. The highest BCUT2D eigenvalue weighted by Gasteiger charge is 2.52. The molecule has 4 aliphatic carbocycles. The first-order chi connectivity index (χ1) is 12.2. The molecule has 136 valence electrons. The molecule has 0 radical (unpaired) electrons. The van der Waals surface area contributed by atoms with Crippen molar-refractivity contribution in [1.29, 1.82) is 0 Å². The average Bonchev–Trinajstić information content (AvgIpc) is 3.15. The predicted molar refractivity (Wildman–Crippen MR) is 108 cm³/mol. The van der Waals surface area contributed by atoms with E-state index in [4.69, 9.17) is 10.7 Å². The molecule has 4 fully saturated rings. The van der Waals surface area contributed by atoms with Crippen LogP contribution in [0.1, 0.15) is 44.2 Å². The van der Waals surface area contributed by atoms with E-state index in [1.807, 2.05) is 18.3 Å². The molecule has 4 bridgehead atoms. The van der Waals surface area contributed by atoms with Crippen molar-refractivity contribution in [3.8, 4) is 11.3 Å². The van der Waals surface area contributed by atoms with Gasteiger partial charge in [0.2, 0.25) is 0 Å². The molecule has 6 heteroatoms. The summed E-state index contributed by atoms with van der Waals surface area (Å²) in [5, 5.41) is 2.18. The lowest BCUT2D eigenvalue weighted by atomic mass is 9.49. The number of imidazole rings is 1. The third kappa shape index (κ3) is 2.33. The van der Waals surface area contributed by atoms with Crippen molar-refractivity contribution >= 4 is 34.5 Å². The molecule has 3 aromatic rings. The van der Waals surface area contributed by atoms with Crippen LogP contribution in [0.4, 0.5) is 5.82 Å². The molecule has 4 saturated carbocycles. The third-order valence-electron chi connectivity index (χ3n) is 6.87. The molecule has 7 rings (SSSR count). The molecule has 4 nitrogen and oxygen atoms in total. The lowest BCUT2D eigenvalue weighted by Gasteiger charge is -2.56. The Morgan fingerprint density at radius 3 is 2.38 bits per heavy atom. The normalized spacial score (nSPS) is 32.1. The second-order valence-corrected chi connectivity index (χ2v) is 9.41. The van der Waals surface area contributed by atoms with Crippen LogP contribution in [0, 0.1) is 17.8 Å². The fourth-order valence-electron chi connectivity index (χ4n) is 6.23. The van der Waals surface area contributed by atoms with Gasteiger partial charge in [-0.2, -0.15) is 0 Å². The molecule has 2 N–H and O–H groups in total. The van der Waals surface area contributed by atoms with Crippen molar-refractivity contribution in [3.63, 3.8) is 0 Å². The van der Waals surface area contributed by atoms with E-state index in [2.05, 4.69) is 21.0 Å². The Balaban J connectivity index is 0.00000150. The highest BCUT2D eigenvalue weighted by Crippen LogP contribution is 2.60. The number of fused-ring (bicyclic) bond motifs is 1. The zero-order chi connectivity index (χ0) is 16.6. The summed E-state index contributed by atoms with van der Waals surface area (Å²) in [7, 11) is 0. The fraction of sp³-hybridized carbons (Fsp3) is 0.500. The largest absolute Gasteiger partial charge is 0.384 e. The van der Waals surface area contributed by atoms with Gasteiger partial charge in [-0.05, 0) is 68.4 Å². The van der Waals surface area contributed by atoms with Gasteiger partial charge in [0.05, 0.1) is 11.4 Å². The number of hydrogen-bond donors (Lipinski definition) is 1. The van der Waals surface area contributed by atoms with E-state index < -0.39 is 0 Å². The number of rotatable bonds is 2. The van der Waals surface area contributed by atoms with E-state index in [-0.39, 0.29) is 12.4 Å². The van der Waals surface area contributed by atoms with Crippen molar-refractivity contribution < 1.29 is 0 Å². The summed E-state index contributed by atoms with van der Waals surface area (Å²) in [6.45, 7) is 0. The van der Waals surface area contributed by atoms with Gasteiger partial charge in [0.15, 0.2) is 4.96 Å². The third-order valence-corrected chi connectivity index (χ3v) is 7.71. The SMILES string of the molecule is Cl.Nc1ccc(-c2csc3nc(C45CC6CC(CC(C6)C4)C5)cn23)cn1. The predicted octanol–water partition coefficient (Wildman–Crippen LogP) is 4.93. The van der Waals surface area contributed by atoms with E-state index in [1.54, 1.807) is 11.3 Å².